The predicted octanol–water partition coefficient (Wildman–Crippen LogP) is 3.97. The zero-order valence-electron chi connectivity index (χ0n) is 13.1. The van der Waals surface area contributed by atoms with E-state index in [4.69, 9.17) is 0 Å². The van der Waals surface area contributed by atoms with Crippen molar-refractivity contribution in [2.45, 2.75) is 25.3 Å². The lowest BCUT2D eigenvalue weighted by Crippen LogP contribution is -2.41. The number of amides is 1. The number of nitrogens with zero attached hydrogens (tertiary/aromatic N) is 1. The highest BCUT2D eigenvalue weighted by Crippen LogP contribution is 2.48. The van der Waals surface area contributed by atoms with Crippen LogP contribution in [-0.2, 0) is 11.2 Å². The second-order valence-electron chi connectivity index (χ2n) is 6.48. The zero-order chi connectivity index (χ0) is 16.7. The Morgan fingerprint density at radius 2 is 2.08 bits per heavy atom. The minimum absolute atomic E-state index is 0.190. The van der Waals surface area contributed by atoms with Crippen molar-refractivity contribution >= 4 is 22.9 Å². The molecule has 0 spiro atoms. The second-order valence-corrected chi connectivity index (χ2v) is 7.48. The molecule has 2 aliphatic rings. The zero-order valence-corrected chi connectivity index (χ0v) is 13.9. The number of nitrogens with one attached hydrogen (secondary N) is 1. The molecule has 0 saturated heterocycles. The Balaban J connectivity index is 1.46. The van der Waals surface area contributed by atoms with E-state index in [1.165, 1.54) is 29.3 Å². The summed E-state index contributed by atoms with van der Waals surface area (Å²) in [5, 5.41) is 4.80. The largest absolute Gasteiger partial charge is 0.325 e. The molecule has 1 aliphatic heterocycles. The maximum absolute atomic E-state index is 13.3. The topological polar surface area (TPSA) is 32.3 Å². The predicted molar refractivity (Wildman–Crippen MR) is 90.0 cm³/mol. The minimum Gasteiger partial charge on any atom is -0.325 e. The molecule has 2 heterocycles. The van der Waals surface area contributed by atoms with E-state index in [-0.39, 0.29) is 18.1 Å². The fourth-order valence-corrected chi connectivity index (χ4v) is 4.41. The number of fused-ring (bicyclic) bond motifs is 1. The van der Waals surface area contributed by atoms with E-state index < -0.39 is 11.6 Å². The molecular formula is C18H18F2N2OS. The first-order valence-corrected chi connectivity index (χ1v) is 9.05. The summed E-state index contributed by atoms with van der Waals surface area (Å²) in [6, 6.07) is 5.91. The fraction of sp³-hybridized carbons (Fsp3) is 0.389. The molecule has 1 amide bonds. The fourth-order valence-electron chi connectivity index (χ4n) is 3.50. The number of hydrogen-bond acceptors (Lipinski definition) is 3. The van der Waals surface area contributed by atoms with Gasteiger partial charge in [0, 0.05) is 29.2 Å². The van der Waals surface area contributed by atoms with Crippen molar-refractivity contribution in [1.82, 2.24) is 4.90 Å². The van der Waals surface area contributed by atoms with Gasteiger partial charge in [-0.3, -0.25) is 9.69 Å². The normalized spacial score (nSPS) is 20.7. The molecular weight excluding hydrogens is 330 g/mol. The Kier molecular flexibility index (Phi) is 4.10. The third-order valence-corrected chi connectivity index (χ3v) is 5.73. The quantitative estimate of drug-likeness (QED) is 0.907. The summed E-state index contributed by atoms with van der Waals surface area (Å²) in [6.45, 7) is 1.13. The van der Waals surface area contributed by atoms with Gasteiger partial charge in [-0.05, 0) is 54.3 Å². The molecule has 1 saturated carbocycles. The maximum Gasteiger partial charge on any atom is 0.238 e. The van der Waals surface area contributed by atoms with E-state index in [2.05, 4.69) is 21.7 Å². The van der Waals surface area contributed by atoms with Crippen LogP contribution in [0.15, 0.2) is 29.6 Å². The van der Waals surface area contributed by atoms with Crippen LogP contribution in [0.1, 0.15) is 29.3 Å². The van der Waals surface area contributed by atoms with Gasteiger partial charge in [-0.15, -0.1) is 11.3 Å². The number of carbonyl (C=O) groups is 1. The Labute approximate surface area is 143 Å². The van der Waals surface area contributed by atoms with E-state index in [9.17, 15) is 13.6 Å². The average Bonchev–Trinajstić information content (AvgIpc) is 3.27. The van der Waals surface area contributed by atoms with Gasteiger partial charge in [-0.25, -0.2) is 8.78 Å². The maximum atomic E-state index is 13.3. The van der Waals surface area contributed by atoms with Crippen LogP contribution in [0.5, 0.6) is 0 Å². The standard InChI is InChI=1S/C18H18F2N2OS/c19-14-4-3-12(9-15(14)20)21-17(23)10-22-7-5-16-13(6-8-24-16)18(22)11-1-2-11/h3-4,6,8-9,11,18H,1-2,5,7,10H2,(H,21,23)/t18-/m1/s1. The van der Waals surface area contributed by atoms with Crippen LogP contribution in [0.3, 0.4) is 0 Å². The monoisotopic (exact) mass is 348 g/mol. The molecule has 1 fully saturated rings. The van der Waals surface area contributed by atoms with E-state index in [0.29, 0.717) is 12.0 Å². The van der Waals surface area contributed by atoms with Crippen molar-refractivity contribution in [2.75, 3.05) is 18.4 Å². The Morgan fingerprint density at radius 1 is 1.25 bits per heavy atom. The van der Waals surface area contributed by atoms with E-state index in [1.807, 2.05) is 0 Å². The van der Waals surface area contributed by atoms with E-state index in [0.717, 1.165) is 25.1 Å². The molecule has 4 rings (SSSR count). The number of anilines is 1. The molecule has 1 aliphatic carbocycles. The first kappa shape index (κ1) is 15.7. The molecule has 0 radical (unpaired) electrons. The highest BCUT2D eigenvalue weighted by Gasteiger charge is 2.40. The van der Waals surface area contributed by atoms with Gasteiger partial charge in [0.05, 0.1) is 6.54 Å². The number of benzene rings is 1. The molecule has 6 heteroatoms. The molecule has 1 aromatic heterocycles. The molecule has 1 atom stereocenters. The Hall–Kier alpha value is -1.79. The summed E-state index contributed by atoms with van der Waals surface area (Å²) in [5.41, 5.74) is 1.66. The minimum atomic E-state index is -0.954. The summed E-state index contributed by atoms with van der Waals surface area (Å²) in [6.07, 6.45) is 3.39. The van der Waals surface area contributed by atoms with Gasteiger partial charge >= 0.3 is 0 Å². The van der Waals surface area contributed by atoms with Gasteiger partial charge in [0.15, 0.2) is 11.6 Å². The van der Waals surface area contributed by atoms with Crippen LogP contribution in [-0.4, -0.2) is 23.9 Å². The molecule has 2 aromatic rings. The van der Waals surface area contributed by atoms with Crippen molar-refractivity contribution in [1.29, 1.82) is 0 Å². The van der Waals surface area contributed by atoms with Crippen LogP contribution < -0.4 is 5.32 Å². The number of thiophene rings is 1. The smallest absolute Gasteiger partial charge is 0.238 e. The molecule has 126 valence electrons. The third-order valence-electron chi connectivity index (χ3n) is 4.74. The summed E-state index contributed by atoms with van der Waals surface area (Å²) in [5.74, 6) is -1.42. The molecule has 1 aromatic carbocycles. The van der Waals surface area contributed by atoms with Gasteiger partial charge in [-0.1, -0.05) is 0 Å². The number of carbonyl (C=O) groups excluding carboxylic acids is 1. The van der Waals surface area contributed by atoms with Crippen molar-refractivity contribution in [3.8, 4) is 0 Å². The van der Waals surface area contributed by atoms with Crippen LogP contribution >= 0.6 is 11.3 Å². The molecule has 0 bridgehead atoms. The number of rotatable bonds is 4. The van der Waals surface area contributed by atoms with Crippen LogP contribution in [0.2, 0.25) is 0 Å². The molecule has 1 N–H and O–H groups in total. The van der Waals surface area contributed by atoms with Crippen molar-refractivity contribution in [2.24, 2.45) is 5.92 Å². The summed E-state index contributed by atoms with van der Waals surface area (Å²) in [4.78, 5) is 16.0. The number of halogens is 2. The lowest BCUT2D eigenvalue weighted by molar-refractivity contribution is -0.118. The SMILES string of the molecule is O=C(CN1CCc2sccc2[C@H]1C1CC1)Nc1ccc(F)c(F)c1. The highest BCUT2D eigenvalue weighted by atomic mass is 32.1. The van der Waals surface area contributed by atoms with Gasteiger partial charge in [0.1, 0.15) is 0 Å². The van der Waals surface area contributed by atoms with Crippen LogP contribution in [0.25, 0.3) is 0 Å². The summed E-state index contributed by atoms with van der Waals surface area (Å²) >= 11 is 1.80. The second kappa shape index (κ2) is 6.26. The first-order chi connectivity index (χ1) is 11.6. The lowest BCUT2D eigenvalue weighted by Gasteiger charge is -2.35. The first-order valence-electron chi connectivity index (χ1n) is 8.17. The third kappa shape index (κ3) is 3.08. The summed E-state index contributed by atoms with van der Waals surface area (Å²) < 4.78 is 26.2. The molecule has 24 heavy (non-hydrogen) atoms. The molecule has 0 unspecified atom stereocenters. The lowest BCUT2D eigenvalue weighted by atomic mass is 9.96. The Bertz CT molecular complexity index is 772. The van der Waals surface area contributed by atoms with E-state index >= 15 is 0 Å². The average molecular weight is 348 g/mol. The van der Waals surface area contributed by atoms with Gasteiger partial charge in [0.2, 0.25) is 5.91 Å². The Morgan fingerprint density at radius 3 is 2.83 bits per heavy atom. The highest BCUT2D eigenvalue weighted by molar-refractivity contribution is 7.10. The summed E-state index contributed by atoms with van der Waals surface area (Å²) in [7, 11) is 0. The van der Waals surface area contributed by atoms with Crippen molar-refractivity contribution < 1.29 is 13.6 Å². The number of hydrogen-bond donors (Lipinski definition) is 1. The van der Waals surface area contributed by atoms with Crippen molar-refractivity contribution in [3.63, 3.8) is 0 Å². The van der Waals surface area contributed by atoms with Gasteiger partial charge in [0.25, 0.3) is 0 Å². The van der Waals surface area contributed by atoms with Crippen LogP contribution in [0, 0.1) is 17.6 Å². The van der Waals surface area contributed by atoms with Crippen molar-refractivity contribution in [3.05, 3.63) is 51.7 Å². The van der Waals surface area contributed by atoms with E-state index in [1.54, 1.807) is 11.3 Å². The molecule has 3 nitrogen and oxygen atoms in total. The van der Waals surface area contributed by atoms with Crippen LogP contribution in [0.4, 0.5) is 14.5 Å². The van der Waals surface area contributed by atoms with Gasteiger partial charge < -0.3 is 5.32 Å². The van der Waals surface area contributed by atoms with Gasteiger partial charge in [-0.2, -0.15) is 0 Å².